The Morgan fingerprint density at radius 1 is 1.13 bits per heavy atom. The fraction of sp³-hybridized carbons (Fsp3) is 0.250. The van der Waals surface area contributed by atoms with Crippen LogP contribution in [-0.2, 0) is 0 Å². The Balaban J connectivity index is 1.82. The molecule has 4 aromatic rings. The number of aromatic amines is 1. The predicted molar refractivity (Wildman–Crippen MR) is 119 cm³/mol. The summed E-state index contributed by atoms with van der Waals surface area (Å²) in [5.41, 5.74) is 2.88. The van der Waals surface area contributed by atoms with Gasteiger partial charge in [0.2, 0.25) is 0 Å². The van der Waals surface area contributed by atoms with Crippen LogP contribution in [0.2, 0.25) is 0 Å². The molecule has 0 aliphatic heterocycles. The number of hydrogen-bond donors (Lipinski definition) is 3. The number of amides is 1. The summed E-state index contributed by atoms with van der Waals surface area (Å²) in [5, 5.41) is 23.0. The average molecular weight is 403 g/mol. The molecule has 0 radical (unpaired) electrons. The Morgan fingerprint density at radius 3 is 2.60 bits per heavy atom. The van der Waals surface area contributed by atoms with E-state index in [2.05, 4.69) is 39.8 Å². The molecule has 0 fully saturated rings. The number of aromatic nitrogens is 2. The molecule has 0 saturated heterocycles. The number of nitrogens with zero attached hydrogens (tertiary/aromatic N) is 1. The maximum Gasteiger partial charge on any atom is 0.255 e. The van der Waals surface area contributed by atoms with Crippen molar-refractivity contribution in [1.82, 2.24) is 15.5 Å². The minimum atomic E-state index is -0.331. The molecule has 3 aromatic carbocycles. The normalized spacial score (nSPS) is 12.4. The van der Waals surface area contributed by atoms with Crippen molar-refractivity contribution in [3.63, 3.8) is 0 Å². The Bertz CT molecular complexity index is 1210. The Hall–Kier alpha value is -3.38. The van der Waals surface area contributed by atoms with Crippen molar-refractivity contribution >= 4 is 27.6 Å². The quantitative estimate of drug-likeness (QED) is 0.452. The van der Waals surface area contributed by atoms with Crippen molar-refractivity contribution in [3.8, 4) is 17.0 Å². The van der Waals surface area contributed by atoms with Crippen LogP contribution < -0.4 is 10.1 Å². The van der Waals surface area contributed by atoms with Gasteiger partial charge < -0.3 is 15.2 Å². The molecule has 4 rings (SSSR count). The second-order valence-corrected chi connectivity index (χ2v) is 7.71. The molecule has 1 aromatic heterocycles. The SMILES string of the molecule is COc1c(C(=O)NC(CO)C(C)C)ccc2n[nH]c(-c3ccc4ccccc4c3)c12. The number of aliphatic hydroxyl groups excluding tert-OH is 1. The van der Waals surface area contributed by atoms with Crippen LogP contribution in [0.25, 0.3) is 32.9 Å². The zero-order valence-electron chi connectivity index (χ0n) is 17.3. The second-order valence-electron chi connectivity index (χ2n) is 7.71. The van der Waals surface area contributed by atoms with Crippen LogP contribution in [0.15, 0.2) is 54.6 Å². The summed E-state index contributed by atoms with van der Waals surface area (Å²) in [6, 6.07) is 17.5. The van der Waals surface area contributed by atoms with E-state index >= 15 is 0 Å². The van der Waals surface area contributed by atoms with Crippen LogP contribution >= 0.6 is 0 Å². The van der Waals surface area contributed by atoms with E-state index in [4.69, 9.17) is 4.74 Å². The minimum Gasteiger partial charge on any atom is -0.495 e. The van der Waals surface area contributed by atoms with Gasteiger partial charge in [-0.1, -0.05) is 50.2 Å². The van der Waals surface area contributed by atoms with Crippen molar-refractivity contribution < 1.29 is 14.6 Å². The number of carbonyl (C=O) groups excluding carboxylic acids is 1. The summed E-state index contributed by atoms with van der Waals surface area (Å²) in [6.07, 6.45) is 0. The Labute approximate surface area is 174 Å². The van der Waals surface area contributed by atoms with Crippen molar-refractivity contribution in [2.45, 2.75) is 19.9 Å². The highest BCUT2D eigenvalue weighted by Crippen LogP contribution is 2.37. The van der Waals surface area contributed by atoms with Crippen molar-refractivity contribution in [2.24, 2.45) is 5.92 Å². The number of carbonyl (C=O) groups is 1. The zero-order chi connectivity index (χ0) is 21.3. The third kappa shape index (κ3) is 3.50. The largest absolute Gasteiger partial charge is 0.495 e. The van der Waals surface area contributed by atoms with Gasteiger partial charge in [-0.25, -0.2) is 0 Å². The number of benzene rings is 3. The van der Waals surface area contributed by atoms with Gasteiger partial charge in [-0.3, -0.25) is 9.89 Å². The molecular formula is C24H25N3O3. The van der Waals surface area contributed by atoms with Crippen molar-refractivity contribution in [1.29, 1.82) is 0 Å². The third-order valence-electron chi connectivity index (χ3n) is 5.48. The van der Waals surface area contributed by atoms with Gasteiger partial charge in [0.05, 0.1) is 41.9 Å². The monoisotopic (exact) mass is 403 g/mol. The van der Waals surface area contributed by atoms with Crippen LogP contribution in [0.4, 0.5) is 0 Å². The third-order valence-corrected chi connectivity index (χ3v) is 5.48. The standard InChI is InChI=1S/C24H25N3O3/c1-14(2)20(13-28)25-24(29)18-10-11-19-21(23(18)30-3)22(27-26-19)17-9-8-15-6-4-5-7-16(15)12-17/h4-12,14,20,28H,13H2,1-3H3,(H,25,29)(H,26,27). The molecule has 154 valence electrons. The zero-order valence-corrected chi connectivity index (χ0v) is 17.3. The molecule has 6 nitrogen and oxygen atoms in total. The Morgan fingerprint density at radius 2 is 1.90 bits per heavy atom. The molecule has 1 unspecified atom stereocenters. The summed E-state index contributed by atoms with van der Waals surface area (Å²) >= 11 is 0. The van der Waals surface area contributed by atoms with Gasteiger partial charge in [0, 0.05) is 5.56 Å². The molecule has 1 atom stereocenters. The number of aliphatic hydroxyl groups is 1. The first-order valence-electron chi connectivity index (χ1n) is 9.99. The number of ether oxygens (including phenoxy) is 1. The number of nitrogens with one attached hydrogen (secondary N) is 2. The maximum absolute atomic E-state index is 13.0. The molecule has 30 heavy (non-hydrogen) atoms. The molecule has 3 N–H and O–H groups in total. The van der Waals surface area contributed by atoms with Crippen LogP contribution in [0, 0.1) is 5.92 Å². The van der Waals surface area contributed by atoms with Gasteiger partial charge in [0.25, 0.3) is 5.91 Å². The molecule has 6 heteroatoms. The number of H-pyrrole nitrogens is 1. The lowest BCUT2D eigenvalue weighted by Gasteiger charge is -2.20. The van der Waals surface area contributed by atoms with Crippen molar-refractivity contribution in [2.75, 3.05) is 13.7 Å². The summed E-state index contributed by atoms with van der Waals surface area (Å²) in [4.78, 5) is 13.0. The number of hydrogen-bond acceptors (Lipinski definition) is 4. The number of fused-ring (bicyclic) bond motifs is 2. The molecular weight excluding hydrogens is 378 g/mol. The molecule has 0 bridgehead atoms. The maximum atomic E-state index is 13.0. The van der Waals surface area contributed by atoms with Gasteiger partial charge in [0.15, 0.2) is 0 Å². The van der Waals surface area contributed by atoms with Crippen LogP contribution in [-0.4, -0.2) is 41.0 Å². The average Bonchev–Trinajstić information content (AvgIpc) is 3.20. The minimum absolute atomic E-state index is 0.107. The van der Waals surface area contributed by atoms with Gasteiger partial charge >= 0.3 is 0 Å². The second kappa shape index (κ2) is 8.16. The van der Waals surface area contributed by atoms with Crippen LogP contribution in [0.1, 0.15) is 24.2 Å². The fourth-order valence-corrected chi connectivity index (χ4v) is 3.69. The van der Waals surface area contributed by atoms with E-state index in [9.17, 15) is 9.90 Å². The fourth-order valence-electron chi connectivity index (χ4n) is 3.69. The van der Waals surface area contributed by atoms with Gasteiger partial charge in [-0.05, 0) is 34.9 Å². The van der Waals surface area contributed by atoms with Crippen molar-refractivity contribution in [3.05, 3.63) is 60.2 Å². The van der Waals surface area contributed by atoms with Gasteiger partial charge in [0.1, 0.15) is 5.75 Å². The highest BCUT2D eigenvalue weighted by Gasteiger charge is 2.23. The summed E-state index contributed by atoms with van der Waals surface area (Å²) < 4.78 is 5.68. The molecule has 1 heterocycles. The Kier molecular flexibility index (Phi) is 5.42. The van der Waals surface area contributed by atoms with E-state index in [-0.39, 0.29) is 24.5 Å². The lowest BCUT2D eigenvalue weighted by Crippen LogP contribution is -2.41. The summed E-state index contributed by atoms with van der Waals surface area (Å²) in [6.45, 7) is 3.78. The lowest BCUT2D eigenvalue weighted by molar-refractivity contribution is 0.0894. The van der Waals surface area contributed by atoms with E-state index < -0.39 is 0 Å². The topological polar surface area (TPSA) is 87.2 Å². The smallest absolute Gasteiger partial charge is 0.255 e. The molecule has 0 aliphatic rings. The first-order chi connectivity index (χ1) is 14.5. The van der Waals surface area contributed by atoms with E-state index in [1.165, 1.54) is 0 Å². The molecule has 0 aliphatic carbocycles. The highest BCUT2D eigenvalue weighted by molar-refractivity contribution is 6.07. The first-order valence-corrected chi connectivity index (χ1v) is 9.99. The number of methoxy groups -OCH3 is 1. The van der Waals surface area contributed by atoms with Gasteiger partial charge in [-0.15, -0.1) is 0 Å². The molecule has 0 saturated carbocycles. The molecule has 1 amide bonds. The van der Waals surface area contributed by atoms with E-state index in [1.807, 2.05) is 32.0 Å². The van der Waals surface area contributed by atoms with E-state index in [1.54, 1.807) is 19.2 Å². The van der Waals surface area contributed by atoms with E-state index in [0.717, 1.165) is 27.4 Å². The predicted octanol–water partition coefficient (Wildman–Crippen LogP) is 4.14. The van der Waals surface area contributed by atoms with E-state index in [0.29, 0.717) is 16.8 Å². The van der Waals surface area contributed by atoms with Crippen LogP contribution in [0.3, 0.4) is 0 Å². The highest BCUT2D eigenvalue weighted by atomic mass is 16.5. The van der Waals surface area contributed by atoms with Gasteiger partial charge in [-0.2, -0.15) is 5.10 Å². The number of rotatable bonds is 6. The summed E-state index contributed by atoms with van der Waals surface area (Å²) in [5.74, 6) is 0.283. The lowest BCUT2D eigenvalue weighted by atomic mass is 10.0. The summed E-state index contributed by atoms with van der Waals surface area (Å²) in [7, 11) is 1.55. The first kappa shape index (κ1) is 19.9. The van der Waals surface area contributed by atoms with Crippen LogP contribution in [0.5, 0.6) is 5.75 Å². The molecule has 0 spiro atoms.